The summed E-state index contributed by atoms with van der Waals surface area (Å²) in [5.41, 5.74) is 0.870. The summed E-state index contributed by atoms with van der Waals surface area (Å²) < 4.78 is 0. The molecule has 0 aromatic rings. The first kappa shape index (κ1) is 13.2. The maximum absolute atomic E-state index is 12.0. The second-order valence-electron chi connectivity index (χ2n) is 4.91. The number of likely N-dealkylation sites (N-methyl/N-ethyl adjacent to an activating group) is 1. The molecule has 0 aliphatic carbocycles. The maximum atomic E-state index is 12.0. The number of nitrogens with zero attached hydrogens (tertiary/aromatic N) is 1. The van der Waals surface area contributed by atoms with Crippen LogP contribution in [0, 0.1) is 5.92 Å². The van der Waals surface area contributed by atoms with Crippen LogP contribution in [0.1, 0.15) is 33.6 Å². The molecule has 3 nitrogen and oxygen atoms in total. The SMILES string of the molecule is CN[C@H](/C=C(\C)C(=O)N1CCCC1)C(C)C. The number of amides is 1. The van der Waals surface area contributed by atoms with E-state index in [4.69, 9.17) is 0 Å². The van der Waals surface area contributed by atoms with Gasteiger partial charge >= 0.3 is 0 Å². The largest absolute Gasteiger partial charge is 0.339 e. The normalized spacial score (nSPS) is 19.3. The van der Waals surface area contributed by atoms with Crippen LogP contribution < -0.4 is 5.32 Å². The first-order chi connectivity index (χ1) is 7.56. The number of carbonyl (C=O) groups is 1. The third-order valence-corrected chi connectivity index (χ3v) is 3.21. The van der Waals surface area contributed by atoms with Gasteiger partial charge in [0.2, 0.25) is 5.91 Å². The van der Waals surface area contributed by atoms with E-state index < -0.39 is 0 Å². The number of likely N-dealkylation sites (tertiary alicyclic amines) is 1. The molecule has 0 spiro atoms. The van der Waals surface area contributed by atoms with E-state index in [0.717, 1.165) is 31.5 Å². The summed E-state index contributed by atoms with van der Waals surface area (Å²) in [5.74, 6) is 0.713. The van der Waals surface area contributed by atoms with Gasteiger partial charge in [-0.15, -0.1) is 0 Å². The van der Waals surface area contributed by atoms with Crippen LogP contribution in [0.3, 0.4) is 0 Å². The molecule has 1 fully saturated rings. The molecule has 3 heteroatoms. The minimum atomic E-state index is 0.207. The van der Waals surface area contributed by atoms with Gasteiger partial charge in [0.1, 0.15) is 0 Å². The van der Waals surface area contributed by atoms with Crippen molar-refractivity contribution in [3.63, 3.8) is 0 Å². The molecule has 1 amide bonds. The third-order valence-electron chi connectivity index (χ3n) is 3.21. The van der Waals surface area contributed by atoms with Gasteiger partial charge in [0, 0.05) is 24.7 Å². The van der Waals surface area contributed by atoms with Crippen LogP contribution in [0.2, 0.25) is 0 Å². The highest BCUT2D eigenvalue weighted by Gasteiger charge is 2.20. The quantitative estimate of drug-likeness (QED) is 0.739. The lowest BCUT2D eigenvalue weighted by atomic mass is 10.0. The van der Waals surface area contributed by atoms with Gasteiger partial charge < -0.3 is 10.2 Å². The van der Waals surface area contributed by atoms with Gasteiger partial charge in [-0.1, -0.05) is 19.9 Å². The Morgan fingerprint density at radius 1 is 1.31 bits per heavy atom. The average molecular weight is 224 g/mol. The molecule has 0 radical (unpaired) electrons. The zero-order valence-corrected chi connectivity index (χ0v) is 10.9. The van der Waals surface area contributed by atoms with Crippen molar-refractivity contribution >= 4 is 5.91 Å². The van der Waals surface area contributed by atoms with Gasteiger partial charge in [-0.2, -0.15) is 0 Å². The summed E-state index contributed by atoms with van der Waals surface area (Å²) in [7, 11) is 1.94. The monoisotopic (exact) mass is 224 g/mol. The van der Waals surface area contributed by atoms with Crippen LogP contribution in [0.5, 0.6) is 0 Å². The van der Waals surface area contributed by atoms with Crippen molar-refractivity contribution in [2.45, 2.75) is 39.7 Å². The van der Waals surface area contributed by atoms with Gasteiger partial charge in [0.25, 0.3) is 0 Å². The number of carbonyl (C=O) groups excluding carboxylic acids is 1. The Morgan fingerprint density at radius 2 is 1.88 bits per heavy atom. The maximum Gasteiger partial charge on any atom is 0.249 e. The van der Waals surface area contributed by atoms with Crippen molar-refractivity contribution in [1.29, 1.82) is 0 Å². The number of hydrogen-bond donors (Lipinski definition) is 1. The van der Waals surface area contributed by atoms with E-state index in [1.54, 1.807) is 0 Å². The van der Waals surface area contributed by atoms with Crippen molar-refractivity contribution in [1.82, 2.24) is 10.2 Å². The lowest BCUT2D eigenvalue weighted by molar-refractivity contribution is -0.126. The predicted molar refractivity (Wildman–Crippen MR) is 67.3 cm³/mol. The van der Waals surface area contributed by atoms with E-state index in [0.29, 0.717) is 5.92 Å². The molecule has 1 rings (SSSR count). The Bertz CT molecular complexity index is 265. The molecule has 92 valence electrons. The van der Waals surface area contributed by atoms with Crippen molar-refractivity contribution in [2.75, 3.05) is 20.1 Å². The average Bonchev–Trinajstić information content (AvgIpc) is 2.77. The van der Waals surface area contributed by atoms with Gasteiger partial charge in [-0.3, -0.25) is 4.79 Å². The number of hydrogen-bond acceptors (Lipinski definition) is 2. The summed E-state index contributed by atoms with van der Waals surface area (Å²) in [6.45, 7) is 8.09. The van der Waals surface area contributed by atoms with E-state index in [2.05, 4.69) is 25.2 Å². The van der Waals surface area contributed by atoms with E-state index in [1.807, 2.05) is 18.9 Å². The first-order valence-corrected chi connectivity index (χ1v) is 6.21. The number of nitrogens with one attached hydrogen (secondary N) is 1. The molecule has 0 aromatic carbocycles. The molecule has 1 N–H and O–H groups in total. The Kier molecular flexibility index (Phi) is 5.00. The highest BCUT2D eigenvalue weighted by molar-refractivity contribution is 5.93. The summed E-state index contributed by atoms with van der Waals surface area (Å²) in [5, 5.41) is 3.23. The third kappa shape index (κ3) is 3.34. The van der Waals surface area contributed by atoms with E-state index in [9.17, 15) is 4.79 Å². The smallest absolute Gasteiger partial charge is 0.249 e. The molecular formula is C13H24N2O. The molecule has 1 atom stereocenters. The standard InChI is InChI=1S/C13H24N2O/c1-10(2)12(14-4)9-11(3)13(16)15-7-5-6-8-15/h9-10,12,14H,5-8H2,1-4H3/b11-9+/t12-/m1/s1. The molecule has 1 heterocycles. The van der Waals surface area contributed by atoms with Crippen molar-refractivity contribution in [3.8, 4) is 0 Å². The molecule has 0 aromatic heterocycles. The lowest BCUT2D eigenvalue weighted by Gasteiger charge is -2.20. The fourth-order valence-electron chi connectivity index (χ4n) is 2.12. The van der Waals surface area contributed by atoms with Crippen molar-refractivity contribution in [3.05, 3.63) is 11.6 Å². The molecule has 1 aliphatic rings. The molecule has 0 bridgehead atoms. The van der Waals surface area contributed by atoms with Gasteiger partial charge in [0.05, 0.1) is 0 Å². The summed E-state index contributed by atoms with van der Waals surface area (Å²) in [4.78, 5) is 14.0. The van der Waals surface area contributed by atoms with Crippen LogP contribution in [-0.2, 0) is 4.79 Å². The highest BCUT2D eigenvalue weighted by atomic mass is 16.2. The predicted octanol–water partition coefficient (Wildman–Crippen LogP) is 1.80. The molecule has 1 aliphatic heterocycles. The Balaban J connectivity index is 2.63. The molecule has 0 unspecified atom stereocenters. The zero-order chi connectivity index (χ0) is 12.1. The topological polar surface area (TPSA) is 32.3 Å². The van der Waals surface area contributed by atoms with Crippen molar-refractivity contribution < 1.29 is 4.79 Å². The summed E-state index contributed by atoms with van der Waals surface area (Å²) >= 11 is 0. The lowest BCUT2D eigenvalue weighted by Crippen LogP contribution is -2.32. The molecular weight excluding hydrogens is 200 g/mol. The van der Waals surface area contributed by atoms with Crippen molar-refractivity contribution in [2.24, 2.45) is 5.92 Å². The van der Waals surface area contributed by atoms with E-state index in [-0.39, 0.29) is 11.9 Å². The van der Waals surface area contributed by atoms with Gasteiger partial charge in [-0.25, -0.2) is 0 Å². The van der Waals surface area contributed by atoms with Crippen LogP contribution in [0.4, 0.5) is 0 Å². The minimum absolute atomic E-state index is 0.207. The van der Waals surface area contributed by atoms with Gasteiger partial charge in [-0.05, 0) is 32.7 Å². The molecule has 1 saturated heterocycles. The Morgan fingerprint density at radius 3 is 2.31 bits per heavy atom. The van der Waals surface area contributed by atoms with Crippen LogP contribution in [-0.4, -0.2) is 37.0 Å². The fraction of sp³-hybridized carbons (Fsp3) is 0.769. The van der Waals surface area contributed by atoms with Crippen LogP contribution in [0.25, 0.3) is 0 Å². The van der Waals surface area contributed by atoms with E-state index in [1.165, 1.54) is 0 Å². The summed E-state index contributed by atoms with van der Waals surface area (Å²) in [6.07, 6.45) is 4.36. The second kappa shape index (κ2) is 6.04. The van der Waals surface area contributed by atoms with Crippen LogP contribution >= 0.6 is 0 Å². The minimum Gasteiger partial charge on any atom is -0.339 e. The zero-order valence-electron chi connectivity index (χ0n) is 10.9. The number of rotatable bonds is 4. The summed E-state index contributed by atoms with van der Waals surface area (Å²) in [6, 6.07) is 0.284. The first-order valence-electron chi connectivity index (χ1n) is 6.21. The Labute approximate surface area is 98.9 Å². The van der Waals surface area contributed by atoms with Gasteiger partial charge in [0.15, 0.2) is 0 Å². The Hall–Kier alpha value is -0.830. The van der Waals surface area contributed by atoms with Crippen LogP contribution in [0.15, 0.2) is 11.6 Å². The second-order valence-corrected chi connectivity index (χ2v) is 4.91. The molecule has 0 saturated carbocycles. The highest BCUT2D eigenvalue weighted by Crippen LogP contribution is 2.13. The van der Waals surface area contributed by atoms with E-state index >= 15 is 0 Å². The molecule has 16 heavy (non-hydrogen) atoms. The fourth-order valence-corrected chi connectivity index (χ4v) is 2.12.